The number of nitrogens with zero attached hydrogens (tertiary/aromatic N) is 1. The Balaban J connectivity index is 2.55. The molecule has 0 N–H and O–H groups in total. The molecule has 0 aromatic carbocycles. The quantitative estimate of drug-likeness (QED) is 0.332. The maximum absolute atomic E-state index is 11.7. The topological polar surface area (TPSA) is 39.2 Å². The van der Waals surface area contributed by atoms with Crippen LogP contribution in [-0.2, 0) is 4.74 Å². The first-order valence-electron chi connectivity index (χ1n) is 5.17. The summed E-state index contributed by atoms with van der Waals surface area (Å²) in [5.74, 6) is -0.326. The second-order valence-corrected chi connectivity index (χ2v) is 5.47. The number of unbranched alkanes of at least 4 members (excludes halogenated alkanes) is 2. The Labute approximate surface area is 118 Å². The van der Waals surface area contributed by atoms with Gasteiger partial charge in [-0.15, -0.1) is 0 Å². The van der Waals surface area contributed by atoms with Crippen molar-refractivity contribution in [3.8, 4) is 0 Å². The molecule has 3 nitrogen and oxygen atoms in total. The van der Waals surface area contributed by atoms with Gasteiger partial charge >= 0.3 is 119 Å². The van der Waals surface area contributed by atoms with E-state index in [9.17, 15) is 4.79 Å². The first-order valence-corrected chi connectivity index (χ1v) is 7.19. The van der Waals surface area contributed by atoms with Crippen LogP contribution in [0.4, 0.5) is 0 Å². The summed E-state index contributed by atoms with van der Waals surface area (Å²) in [4.78, 5) is 15.8. The molecule has 0 saturated heterocycles. The van der Waals surface area contributed by atoms with E-state index in [1.165, 1.54) is 0 Å². The fourth-order valence-electron chi connectivity index (χ4n) is 1.16. The van der Waals surface area contributed by atoms with Crippen LogP contribution in [0.1, 0.15) is 36.7 Å². The van der Waals surface area contributed by atoms with Crippen LogP contribution in [0, 0.1) is 3.57 Å². The Morgan fingerprint density at radius 2 is 2.25 bits per heavy atom. The van der Waals surface area contributed by atoms with Crippen molar-refractivity contribution in [2.75, 3.05) is 6.61 Å². The van der Waals surface area contributed by atoms with Crippen LogP contribution in [0.25, 0.3) is 0 Å². The molecule has 0 atom stereocenters. The van der Waals surface area contributed by atoms with Gasteiger partial charge in [-0.1, -0.05) is 0 Å². The second kappa shape index (κ2) is 7.28. The average Bonchev–Trinajstić information content (AvgIpc) is 2.27. The molecule has 1 rings (SSSR count). The standard InChI is InChI=1S/C11H13AsINO2/c1-2-3-4-7-16-11(15)10-8(13)5-6-9(12)14-10/h5-6H,2-4,7H2,1H3. The zero-order chi connectivity index (χ0) is 12.0. The fraction of sp³-hybridized carbons (Fsp3) is 0.455. The van der Waals surface area contributed by atoms with E-state index in [-0.39, 0.29) is 5.97 Å². The Hall–Kier alpha value is -0.0916. The van der Waals surface area contributed by atoms with Crippen LogP contribution in [0.3, 0.4) is 0 Å². The Morgan fingerprint density at radius 1 is 1.50 bits per heavy atom. The number of aromatic nitrogens is 1. The van der Waals surface area contributed by atoms with Crippen LogP contribution in [0.5, 0.6) is 0 Å². The Kier molecular flexibility index (Phi) is 6.35. The van der Waals surface area contributed by atoms with Crippen molar-refractivity contribution in [3.63, 3.8) is 0 Å². The third kappa shape index (κ3) is 4.42. The van der Waals surface area contributed by atoms with Gasteiger partial charge in [0.1, 0.15) is 0 Å². The number of carbonyl (C=O) groups excluding carboxylic acids is 1. The number of carbonyl (C=O) groups is 1. The molecule has 5 heteroatoms. The van der Waals surface area contributed by atoms with Crippen LogP contribution in [0.2, 0.25) is 0 Å². The van der Waals surface area contributed by atoms with Crippen LogP contribution < -0.4 is 4.48 Å². The van der Waals surface area contributed by atoms with E-state index in [4.69, 9.17) is 4.74 Å². The number of pyridine rings is 1. The molecule has 1 aromatic rings. The molecule has 0 aliphatic carbocycles. The molecule has 16 heavy (non-hydrogen) atoms. The van der Waals surface area contributed by atoms with E-state index < -0.39 is 0 Å². The van der Waals surface area contributed by atoms with Crippen molar-refractivity contribution in [1.29, 1.82) is 0 Å². The van der Waals surface area contributed by atoms with Gasteiger partial charge in [0, 0.05) is 0 Å². The molecule has 0 aliphatic heterocycles. The van der Waals surface area contributed by atoms with Gasteiger partial charge < -0.3 is 0 Å². The van der Waals surface area contributed by atoms with Crippen molar-refractivity contribution >= 4 is 49.9 Å². The minimum atomic E-state index is -0.326. The SMILES string of the molecule is CCCCCOC(=O)c1nc([As])ccc1I. The van der Waals surface area contributed by atoms with Crippen molar-refractivity contribution < 1.29 is 9.53 Å². The maximum atomic E-state index is 11.7. The first-order chi connectivity index (χ1) is 7.65. The number of ether oxygens (including phenoxy) is 1. The number of hydrogen-bond donors (Lipinski definition) is 0. The van der Waals surface area contributed by atoms with Gasteiger partial charge in [-0.25, -0.2) is 0 Å². The van der Waals surface area contributed by atoms with Gasteiger partial charge in [0.05, 0.1) is 0 Å². The molecule has 0 saturated carbocycles. The zero-order valence-corrected chi connectivity index (χ0v) is 13.1. The molecule has 86 valence electrons. The number of rotatable bonds is 5. The summed E-state index contributed by atoms with van der Waals surface area (Å²) in [5, 5.41) is 0. The van der Waals surface area contributed by atoms with Gasteiger partial charge in [-0.3, -0.25) is 0 Å². The van der Waals surface area contributed by atoms with Crippen LogP contribution in [-0.4, -0.2) is 34.4 Å². The number of esters is 1. The predicted octanol–water partition coefficient (Wildman–Crippen LogP) is 1.83. The van der Waals surface area contributed by atoms with Crippen LogP contribution in [0.15, 0.2) is 12.1 Å². The van der Waals surface area contributed by atoms with Crippen LogP contribution >= 0.6 is 22.6 Å². The average molecular weight is 393 g/mol. The Bertz CT molecular complexity index is 371. The fourth-order valence-corrected chi connectivity index (χ4v) is 2.05. The van der Waals surface area contributed by atoms with Gasteiger partial charge in [0.25, 0.3) is 0 Å². The molecule has 1 heterocycles. The molecular formula is C11H13AsINO2. The molecule has 1 aromatic heterocycles. The molecule has 0 aliphatic rings. The zero-order valence-electron chi connectivity index (χ0n) is 9.07. The number of hydrogen-bond acceptors (Lipinski definition) is 3. The third-order valence-corrected chi connectivity index (χ3v) is 3.40. The van der Waals surface area contributed by atoms with E-state index in [0.717, 1.165) is 27.3 Å². The van der Waals surface area contributed by atoms with Crippen molar-refractivity contribution in [3.05, 3.63) is 21.4 Å². The third-order valence-electron chi connectivity index (χ3n) is 2.01. The summed E-state index contributed by atoms with van der Waals surface area (Å²) in [7, 11) is 0. The summed E-state index contributed by atoms with van der Waals surface area (Å²) in [6.07, 6.45) is 3.12. The second-order valence-electron chi connectivity index (χ2n) is 3.34. The normalized spacial score (nSPS) is 10.2. The molecule has 0 bridgehead atoms. The summed E-state index contributed by atoms with van der Waals surface area (Å²) in [6, 6.07) is 3.72. The molecule has 2 radical (unpaired) electrons. The Morgan fingerprint density at radius 3 is 2.94 bits per heavy atom. The van der Waals surface area contributed by atoms with E-state index >= 15 is 0 Å². The molecular weight excluding hydrogens is 380 g/mol. The monoisotopic (exact) mass is 393 g/mol. The minimum absolute atomic E-state index is 0.326. The summed E-state index contributed by atoms with van der Waals surface area (Å²) >= 11 is 4.41. The first kappa shape index (κ1) is 14.0. The molecule has 0 fully saturated rings. The van der Waals surface area contributed by atoms with E-state index in [2.05, 4.69) is 51.4 Å². The van der Waals surface area contributed by atoms with Crippen molar-refractivity contribution in [1.82, 2.24) is 4.98 Å². The van der Waals surface area contributed by atoms with E-state index in [0.29, 0.717) is 12.3 Å². The van der Waals surface area contributed by atoms with Gasteiger partial charge in [0.2, 0.25) is 0 Å². The van der Waals surface area contributed by atoms with Gasteiger partial charge in [0.15, 0.2) is 0 Å². The van der Waals surface area contributed by atoms with Crippen molar-refractivity contribution in [2.45, 2.75) is 26.2 Å². The summed E-state index contributed by atoms with van der Waals surface area (Å²) in [5.41, 5.74) is 0.412. The van der Waals surface area contributed by atoms with Crippen molar-refractivity contribution in [2.24, 2.45) is 0 Å². The molecule has 0 spiro atoms. The summed E-state index contributed by atoms with van der Waals surface area (Å²) in [6.45, 7) is 2.60. The van der Waals surface area contributed by atoms with E-state index in [1.54, 1.807) is 0 Å². The summed E-state index contributed by atoms with van der Waals surface area (Å²) < 4.78 is 6.75. The molecule has 0 unspecified atom stereocenters. The van der Waals surface area contributed by atoms with Gasteiger partial charge in [-0.2, -0.15) is 0 Å². The number of halogens is 1. The van der Waals surface area contributed by atoms with Gasteiger partial charge in [-0.05, 0) is 0 Å². The van der Waals surface area contributed by atoms with E-state index in [1.807, 2.05) is 12.1 Å². The molecule has 0 amide bonds. The predicted molar refractivity (Wildman–Crippen MR) is 72.1 cm³/mol.